The van der Waals surface area contributed by atoms with Crippen LogP contribution in [0.3, 0.4) is 0 Å². The minimum atomic E-state index is -1.59. The Morgan fingerprint density at radius 2 is 1.53 bits per heavy atom. The van der Waals surface area contributed by atoms with Crippen molar-refractivity contribution in [3.05, 3.63) is 136 Å². The van der Waals surface area contributed by atoms with Crippen molar-refractivity contribution in [2.45, 2.75) is 70.4 Å². The summed E-state index contributed by atoms with van der Waals surface area (Å²) >= 11 is 0. The van der Waals surface area contributed by atoms with Gasteiger partial charge in [0.1, 0.15) is 18.5 Å². The monoisotopic (exact) mass is 777 g/mol. The molecule has 1 saturated heterocycles. The third-order valence-electron chi connectivity index (χ3n) is 10.2. The maximum Gasteiger partial charge on any atom is 0.418 e. The number of hydrogen-bond donors (Lipinski definition) is 4. The molecule has 13 nitrogen and oxygen atoms in total. The van der Waals surface area contributed by atoms with E-state index in [0.717, 1.165) is 27.2 Å². The van der Waals surface area contributed by atoms with E-state index in [4.69, 9.17) is 4.74 Å². The van der Waals surface area contributed by atoms with E-state index >= 15 is 0 Å². The van der Waals surface area contributed by atoms with E-state index in [2.05, 4.69) is 16.0 Å². The van der Waals surface area contributed by atoms with E-state index in [1.807, 2.05) is 42.5 Å². The summed E-state index contributed by atoms with van der Waals surface area (Å²) in [5, 5.41) is 18.9. The Kier molecular flexibility index (Phi) is 12.4. The minimum Gasteiger partial charge on any atom is -0.427 e. The van der Waals surface area contributed by atoms with E-state index < -0.39 is 53.9 Å². The zero-order valence-electron chi connectivity index (χ0n) is 31.6. The summed E-state index contributed by atoms with van der Waals surface area (Å²) in [6.07, 6.45) is -1.35. The van der Waals surface area contributed by atoms with Gasteiger partial charge >= 0.3 is 6.09 Å². The first-order valence-corrected chi connectivity index (χ1v) is 18.7. The van der Waals surface area contributed by atoms with Crippen molar-refractivity contribution in [2.24, 2.45) is 0 Å². The smallest absolute Gasteiger partial charge is 0.418 e. The summed E-state index contributed by atoms with van der Waals surface area (Å²) in [7, 11) is 0. The van der Waals surface area contributed by atoms with Crippen LogP contribution in [0.1, 0.15) is 72.6 Å². The SMILES string of the molecule is CC(=O)Nc1ccc2c(c1)CC[C@@]21OC(=O)N(CC(=O)N(Cc2ccc(F)cc2)[C@@H](C)CNC(=O)CCC(=O)NCc2ccc(C(O)c3ccccc3)cc2)C1=O. The van der Waals surface area contributed by atoms with Crippen molar-refractivity contribution in [1.82, 2.24) is 20.4 Å². The summed E-state index contributed by atoms with van der Waals surface area (Å²) < 4.78 is 19.4. The number of aliphatic hydroxyl groups is 1. The number of halogens is 1. The molecule has 1 fully saturated rings. The lowest BCUT2D eigenvalue weighted by atomic mass is 9.94. The average Bonchev–Trinajstić information content (AvgIpc) is 3.68. The van der Waals surface area contributed by atoms with Crippen molar-refractivity contribution in [1.29, 1.82) is 0 Å². The van der Waals surface area contributed by atoms with Crippen LogP contribution in [0.2, 0.25) is 0 Å². The number of rotatable bonds is 15. The number of imide groups is 1. The van der Waals surface area contributed by atoms with Crippen LogP contribution < -0.4 is 16.0 Å². The molecule has 6 amide bonds. The summed E-state index contributed by atoms with van der Waals surface area (Å²) in [5.74, 6) is -2.76. The predicted molar refractivity (Wildman–Crippen MR) is 206 cm³/mol. The molecule has 0 saturated carbocycles. The second kappa shape index (κ2) is 17.6. The van der Waals surface area contributed by atoms with Gasteiger partial charge in [0.2, 0.25) is 29.2 Å². The molecule has 1 spiro atoms. The number of aryl methyl sites for hydroxylation is 1. The first-order chi connectivity index (χ1) is 27.3. The number of fused-ring (bicyclic) bond motifs is 2. The molecule has 6 rings (SSSR count). The van der Waals surface area contributed by atoms with Gasteiger partial charge in [0.15, 0.2) is 0 Å². The fraction of sp³-hybridized carbons (Fsp3) is 0.302. The standard InChI is InChI=1S/C43H44FN5O8/c1-27(23-45-37(51)18-19-38(52)46-24-29-8-12-32(13-9-29)40(54)31-6-4-3-5-7-31)48(25-30-10-14-34(44)15-11-30)39(53)26-49-41(55)43(57-42(49)56)21-20-33-22-35(47-28(2)50)16-17-36(33)43/h3-17,22,27,40,54H,18-21,23-26H2,1-2H3,(H,45,51)(H,46,52)(H,47,50)/t27-,40?,43+/m0/s1. The van der Waals surface area contributed by atoms with E-state index in [1.54, 1.807) is 37.3 Å². The molecule has 1 aliphatic heterocycles. The molecule has 4 aromatic carbocycles. The number of ether oxygens (including phenoxy) is 1. The van der Waals surface area contributed by atoms with Crippen LogP contribution in [-0.4, -0.2) is 69.7 Å². The van der Waals surface area contributed by atoms with Crippen LogP contribution in [0.15, 0.2) is 97.1 Å². The summed E-state index contributed by atoms with van der Waals surface area (Å²) in [6, 6.07) is 26.4. The molecule has 4 aromatic rings. The van der Waals surface area contributed by atoms with Gasteiger partial charge in [-0.3, -0.25) is 24.0 Å². The Morgan fingerprint density at radius 3 is 2.21 bits per heavy atom. The summed E-state index contributed by atoms with van der Waals surface area (Å²) in [5.41, 5.74) is 3.07. The Bertz CT molecular complexity index is 2150. The molecule has 1 unspecified atom stereocenters. The maximum atomic E-state index is 13.9. The highest BCUT2D eigenvalue weighted by Gasteiger charge is 2.58. The number of nitrogens with one attached hydrogen (secondary N) is 3. The van der Waals surface area contributed by atoms with Crippen molar-refractivity contribution in [3.63, 3.8) is 0 Å². The van der Waals surface area contributed by atoms with Gasteiger partial charge in [-0.25, -0.2) is 14.1 Å². The first-order valence-electron chi connectivity index (χ1n) is 18.7. The lowest BCUT2D eigenvalue weighted by molar-refractivity contribution is -0.143. The van der Waals surface area contributed by atoms with E-state index in [1.165, 1.54) is 36.1 Å². The van der Waals surface area contributed by atoms with E-state index in [-0.39, 0.29) is 50.7 Å². The number of amides is 6. The molecule has 0 bridgehead atoms. The molecular formula is C43H44FN5O8. The van der Waals surface area contributed by atoms with Gasteiger partial charge in [-0.05, 0) is 65.4 Å². The zero-order valence-corrected chi connectivity index (χ0v) is 31.6. The maximum absolute atomic E-state index is 13.9. The number of aliphatic hydroxyl groups excluding tert-OH is 1. The quantitative estimate of drug-likeness (QED) is 0.135. The summed E-state index contributed by atoms with van der Waals surface area (Å²) in [6.45, 7) is 2.65. The highest BCUT2D eigenvalue weighted by Crippen LogP contribution is 2.46. The molecule has 2 aliphatic rings. The van der Waals surface area contributed by atoms with Gasteiger partial charge in [0.25, 0.3) is 5.91 Å². The fourth-order valence-electron chi connectivity index (χ4n) is 7.06. The average molecular weight is 778 g/mol. The van der Waals surface area contributed by atoms with Gasteiger partial charge in [-0.2, -0.15) is 0 Å². The molecule has 296 valence electrons. The lowest BCUT2D eigenvalue weighted by Crippen LogP contribution is -2.50. The fourth-order valence-corrected chi connectivity index (χ4v) is 7.06. The van der Waals surface area contributed by atoms with Crippen molar-refractivity contribution in [3.8, 4) is 0 Å². The number of anilines is 1. The van der Waals surface area contributed by atoms with Gasteiger partial charge in [-0.1, -0.05) is 72.8 Å². The molecule has 4 N–H and O–H groups in total. The largest absolute Gasteiger partial charge is 0.427 e. The third kappa shape index (κ3) is 9.52. The Hall–Kier alpha value is -6.41. The van der Waals surface area contributed by atoms with Gasteiger partial charge in [-0.15, -0.1) is 0 Å². The molecule has 14 heteroatoms. The molecule has 1 aliphatic carbocycles. The van der Waals surface area contributed by atoms with Crippen LogP contribution in [0.25, 0.3) is 0 Å². The number of carbonyl (C=O) groups excluding carboxylic acids is 6. The Labute approximate surface area is 329 Å². The molecule has 0 aromatic heterocycles. The number of carbonyl (C=O) groups is 6. The Morgan fingerprint density at radius 1 is 0.877 bits per heavy atom. The molecule has 1 heterocycles. The van der Waals surface area contributed by atoms with Crippen LogP contribution in [0.5, 0.6) is 0 Å². The third-order valence-corrected chi connectivity index (χ3v) is 10.2. The normalized spacial score (nSPS) is 16.7. The van der Waals surface area contributed by atoms with Crippen LogP contribution in [-0.2, 0) is 53.8 Å². The van der Waals surface area contributed by atoms with E-state index in [9.17, 15) is 38.3 Å². The number of benzene rings is 4. The van der Waals surface area contributed by atoms with Gasteiger partial charge < -0.3 is 30.7 Å². The molecule has 0 radical (unpaired) electrons. The zero-order chi connectivity index (χ0) is 40.7. The van der Waals surface area contributed by atoms with Crippen molar-refractivity contribution < 1.29 is 43.0 Å². The number of nitrogens with zero attached hydrogens (tertiary/aromatic N) is 2. The van der Waals surface area contributed by atoms with E-state index in [0.29, 0.717) is 23.2 Å². The first kappa shape index (κ1) is 40.3. The van der Waals surface area contributed by atoms with Crippen LogP contribution in [0.4, 0.5) is 14.9 Å². The summed E-state index contributed by atoms with van der Waals surface area (Å²) in [4.78, 5) is 80.0. The predicted octanol–water partition coefficient (Wildman–Crippen LogP) is 4.62. The molecular weight excluding hydrogens is 733 g/mol. The van der Waals surface area contributed by atoms with Crippen LogP contribution in [0, 0.1) is 5.82 Å². The van der Waals surface area contributed by atoms with Crippen molar-refractivity contribution >= 4 is 41.3 Å². The highest BCUT2D eigenvalue weighted by atomic mass is 19.1. The topological polar surface area (TPSA) is 174 Å². The van der Waals surface area contributed by atoms with Crippen molar-refractivity contribution in [2.75, 3.05) is 18.4 Å². The lowest BCUT2D eigenvalue weighted by Gasteiger charge is -2.31. The molecule has 57 heavy (non-hydrogen) atoms. The van der Waals surface area contributed by atoms with Gasteiger partial charge in [0, 0.05) is 63.1 Å². The highest BCUT2D eigenvalue weighted by molar-refractivity contribution is 6.06. The Balaban J connectivity index is 1.02. The second-order valence-corrected chi connectivity index (χ2v) is 14.3. The minimum absolute atomic E-state index is 0.0122. The van der Waals surface area contributed by atoms with Gasteiger partial charge in [0.05, 0.1) is 0 Å². The van der Waals surface area contributed by atoms with Crippen LogP contribution >= 0.6 is 0 Å². The number of hydrogen-bond acceptors (Lipinski definition) is 8. The molecule has 3 atom stereocenters. The second-order valence-electron chi connectivity index (χ2n) is 14.3.